The van der Waals surface area contributed by atoms with Crippen molar-refractivity contribution < 1.29 is 14.1 Å². The summed E-state index contributed by atoms with van der Waals surface area (Å²) >= 11 is 0. The minimum Gasteiger partial charge on any atom is -0.381 e. The molecule has 0 saturated carbocycles. The maximum atomic E-state index is 12.5. The summed E-state index contributed by atoms with van der Waals surface area (Å²) in [6.07, 6.45) is 3.31. The van der Waals surface area contributed by atoms with E-state index in [-0.39, 0.29) is 23.9 Å². The van der Waals surface area contributed by atoms with E-state index in [1.165, 1.54) is 0 Å². The summed E-state index contributed by atoms with van der Waals surface area (Å²) in [5.74, 6) is 1.92. The minimum absolute atomic E-state index is 0.160. The number of aryl methyl sites for hydroxylation is 1. The van der Waals surface area contributed by atoms with Crippen LogP contribution in [0.1, 0.15) is 55.9 Å². The van der Waals surface area contributed by atoms with Crippen LogP contribution in [0.5, 0.6) is 0 Å². The van der Waals surface area contributed by atoms with Gasteiger partial charge in [-0.3, -0.25) is 5.32 Å². The molecule has 1 aliphatic heterocycles. The molecule has 8 nitrogen and oxygen atoms in total. The summed E-state index contributed by atoms with van der Waals surface area (Å²) in [5.41, 5.74) is 1.02. The topological polar surface area (TPSA) is 102 Å². The Morgan fingerprint density at radius 3 is 2.73 bits per heavy atom. The minimum atomic E-state index is -0.358. The molecule has 0 unspecified atom stereocenters. The fraction of sp³-hybridized carbons (Fsp3) is 0.556. The predicted octanol–water partition coefficient (Wildman–Crippen LogP) is 3.19. The Balaban J connectivity index is 1.75. The number of pyridine rings is 1. The summed E-state index contributed by atoms with van der Waals surface area (Å²) in [4.78, 5) is 21.1. The zero-order chi connectivity index (χ0) is 18.5. The summed E-state index contributed by atoms with van der Waals surface area (Å²) in [6.45, 7) is 7.27. The lowest BCUT2D eigenvalue weighted by Gasteiger charge is -2.28. The SMILES string of the molecule is Cc1ccnc(NC(=O)N[C@@H](c2nc(C(C)C)no2)C2CCOCC2)c1. The van der Waals surface area contributed by atoms with Gasteiger partial charge in [0.15, 0.2) is 5.82 Å². The molecule has 2 amide bonds. The van der Waals surface area contributed by atoms with E-state index in [1.807, 2.05) is 32.9 Å². The highest BCUT2D eigenvalue weighted by molar-refractivity contribution is 5.88. The fourth-order valence-electron chi connectivity index (χ4n) is 2.94. The zero-order valence-corrected chi connectivity index (χ0v) is 15.4. The number of carbonyl (C=O) groups excluding carboxylic acids is 1. The van der Waals surface area contributed by atoms with Gasteiger partial charge < -0.3 is 14.6 Å². The highest BCUT2D eigenvalue weighted by atomic mass is 16.5. The van der Waals surface area contributed by atoms with Crippen LogP contribution in [0.3, 0.4) is 0 Å². The third-order valence-corrected chi connectivity index (χ3v) is 4.42. The van der Waals surface area contributed by atoms with Gasteiger partial charge in [-0.05, 0) is 43.4 Å². The van der Waals surface area contributed by atoms with Gasteiger partial charge in [-0.1, -0.05) is 19.0 Å². The van der Waals surface area contributed by atoms with Crippen LogP contribution in [0.25, 0.3) is 0 Å². The summed E-state index contributed by atoms with van der Waals surface area (Å²) in [6, 6.07) is 2.99. The zero-order valence-electron chi connectivity index (χ0n) is 15.4. The van der Waals surface area contributed by atoms with Crippen LogP contribution in [0.15, 0.2) is 22.9 Å². The maximum Gasteiger partial charge on any atom is 0.321 e. The van der Waals surface area contributed by atoms with E-state index in [2.05, 4.69) is 25.8 Å². The number of anilines is 1. The number of aromatic nitrogens is 3. The number of urea groups is 1. The fourth-order valence-corrected chi connectivity index (χ4v) is 2.94. The third kappa shape index (κ3) is 4.57. The van der Waals surface area contributed by atoms with Crippen molar-refractivity contribution in [3.63, 3.8) is 0 Å². The Hall–Kier alpha value is -2.48. The Morgan fingerprint density at radius 2 is 2.08 bits per heavy atom. The second-order valence-corrected chi connectivity index (χ2v) is 6.89. The quantitative estimate of drug-likeness (QED) is 0.850. The molecular weight excluding hydrogens is 334 g/mol. The number of hydrogen-bond acceptors (Lipinski definition) is 6. The van der Waals surface area contributed by atoms with Gasteiger partial charge in [-0.15, -0.1) is 0 Å². The summed E-state index contributed by atoms with van der Waals surface area (Å²) in [5, 5.41) is 9.78. The predicted molar refractivity (Wildman–Crippen MR) is 95.8 cm³/mol. The Bertz CT molecular complexity index is 740. The van der Waals surface area contributed by atoms with Gasteiger partial charge in [-0.2, -0.15) is 4.98 Å². The molecule has 0 spiro atoms. The molecule has 1 fully saturated rings. The first-order valence-corrected chi connectivity index (χ1v) is 8.94. The van der Waals surface area contributed by atoms with Crippen molar-refractivity contribution in [2.75, 3.05) is 18.5 Å². The first-order chi connectivity index (χ1) is 12.5. The Labute approximate surface area is 152 Å². The molecule has 2 aromatic heterocycles. The Kier molecular flexibility index (Phi) is 5.82. The highest BCUT2D eigenvalue weighted by Crippen LogP contribution is 2.30. The number of carbonyl (C=O) groups is 1. The Morgan fingerprint density at radius 1 is 1.31 bits per heavy atom. The first-order valence-electron chi connectivity index (χ1n) is 8.94. The van der Waals surface area contributed by atoms with E-state index >= 15 is 0 Å². The van der Waals surface area contributed by atoms with E-state index in [0.717, 1.165) is 18.4 Å². The van der Waals surface area contributed by atoms with Gasteiger partial charge in [-0.25, -0.2) is 9.78 Å². The number of ether oxygens (including phenoxy) is 1. The molecular formula is C18H25N5O3. The van der Waals surface area contributed by atoms with Crippen molar-refractivity contribution >= 4 is 11.8 Å². The lowest BCUT2D eigenvalue weighted by atomic mass is 9.91. The van der Waals surface area contributed by atoms with E-state index in [0.29, 0.717) is 30.7 Å². The molecule has 0 bridgehead atoms. The molecule has 0 radical (unpaired) electrons. The van der Waals surface area contributed by atoms with Crippen LogP contribution >= 0.6 is 0 Å². The average molecular weight is 359 g/mol. The maximum absolute atomic E-state index is 12.5. The van der Waals surface area contributed by atoms with E-state index in [4.69, 9.17) is 9.26 Å². The van der Waals surface area contributed by atoms with Crippen LogP contribution in [-0.2, 0) is 4.74 Å². The van der Waals surface area contributed by atoms with Crippen molar-refractivity contribution in [1.29, 1.82) is 0 Å². The smallest absolute Gasteiger partial charge is 0.321 e. The van der Waals surface area contributed by atoms with Crippen molar-refractivity contribution in [3.8, 4) is 0 Å². The monoisotopic (exact) mass is 359 g/mol. The van der Waals surface area contributed by atoms with Crippen LogP contribution in [0.4, 0.5) is 10.6 Å². The number of nitrogens with zero attached hydrogens (tertiary/aromatic N) is 3. The van der Waals surface area contributed by atoms with Crippen LogP contribution in [-0.4, -0.2) is 34.4 Å². The van der Waals surface area contributed by atoms with E-state index in [1.54, 1.807) is 6.20 Å². The molecule has 1 aliphatic rings. The average Bonchev–Trinajstić information content (AvgIpc) is 3.10. The molecule has 0 aromatic carbocycles. The molecule has 8 heteroatoms. The van der Waals surface area contributed by atoms with Crippen molar-refractivity contribution in [2.45, 2.75) is 45.6 Å². The number of nitrogens with one attached hydrogen (secondary N) is 2. The van der Waals surface area contributed by atoms with Crippen LogP contribution in [0.2, 0.25) is 0 Å². The molecule has 140 valence electrons. The third-order valence-electron chi connectivity index (χ3n) is 4.42. The molecule has 2 aromatic rings. The van der Waals surface area contributed by atoms with Crippen molar-refractivity contribution in [1.82, 2.24) is 20.4 Å². The van der Waals surface area contributed by atoms with Gasteiger partial charge in [0.25, 0.3) is 0 Å². The molecule has 3 rings (SSSR count). The summed E-state index contributed by atoms with van der Waals surface area (Å²) < 4.78 is 10.9. The molecule has 1 saturated heterocycles. The molecule has 1 atom stereocenters. The lowest BCUT2D eigenvalue weighted by Crippen LogP contribution is -2.38. The van der Waals surface area contributed by atoms with E-state index in [9.17, 15) is 4.79 Å². The summed E-state index contributed by atoms with van der Waals surface area (Å²) in [7, 11) is 0. The van der Waals surface area contributed by atoms with Gasteiger partial charge in [0.1, 0.15) is 11.9 Å². The molecule has 26 heavy (non-hydrogen) atoms. The van der Waals surface area contributed by atoms with Gasteiger partial charge in [0.05, 0.1) is 0 Å². The van der Waals surface area contributed by atoms with Crippen LogP contribution in [0, 0.1) is 12.8 Å². The number of amides is 2. The molecule has 3 heterocycles. The highest BCUT2D eigenvalue weighted by Gasteiger charge is 2.31. The van der Waals surface area contributed by atoms with Crippen molar-refractivity contribution in [2.24, 2.45) is 5.92 Å². The second-order valence-electron chi connectivity index (χ2n) is 6.89. The largest absolute Gasteiger partial charge is 0.381 e. The van der Waals surface area contributed by atoms with E-state index < -0.39 is 0 Å². The number of rotatable bonds is 5. The molecule has 0 aliphatic carbocycles. The van der Waals surface area contributed by atoms with Gasteiger partial charge >= 0.3 is 6.03 Å². The first kappa shape index (κ1) is 18.3. The normalized spacial score (nSPS) is 16.5. The second kappa shape index (κ2) is 8.27. The lowest BCUT2D eigenvalue weighted by molar-refractivity contribution is 0.0506. The standard InChI is InChI=1S/C18H25N5O3/c1-11(2)16-22-17(26-23-16)15(13-5-8-25-9-6-13)21-18(24)20-14-10-12(3)4-7-19-14/h4,7,10-11,13,15H,5-6,8-9H2,1-3H3,(H2,19,20,21,24)/t15-/m1/s1. The van der Waals surface area contributed by atoms with Crippen molar-refractivity contribution in [3.05, 3.63) is 35.6 Å². The van der Waals surface area contributed by atoms with Gasteiger partial charge in [0.2, 0.25) is 5.89 Å². The van der Waals surface area contributed by atoms with Crippen LogP contribution < -0.4 is 10.6 Å². The number of hydrogen-bond donors (Lipinski definition) is 2. The van der Waals surface area contributed by atoms with Gasteiger partial charge in [0, 0.05) is 25.3 Å². The molecule has 2 N–H and O–H groups in total.